The molecule has 4 aromatic rings. The first-order valence-electron chi connectivity index (χ1n) is 26.5. The largest absolute Gasteiger partial charge is 0.461 e. The fourth-order valence-corrected chi connectivity index (χ4v) is 10.6. The van der Waals surface area contributed by atoms with Crippen LogP contribution in [0, 0.1) is 0 Å². The average Bonchev–Trinajstić information content (AvgIpc) is 4.13. The molecule has 81 heavy (non-hydrogen) atoms. The molecule has 24 nitrogen and oxygen atoms in total. The number of aromatic nitrogens is 1. The van der Waals surface area contributed by atoms with Crippen LogP contribution in [0.5, 0.6) is 0 Å². The molecule has 15 N–H and O–H groups in total. The van der Waals surface area contributed by atoms with Crippen LogP contribution in [0.4, 0.5) is 0 Å². The Morgan fingerprint density at radius 3 is 1.93 bits per heavy atom. The summed E-state index contributed by atoms with van der Waals surface area (Å²) in [6.45, 7) is 4.37. The SMILES string of the molecule is C[C@H](O)C(=O)O[C@@H](C)C(=O)OC[C@@H](NC(=O)[C@@H]1CSSC[C@H](NC(=O)[C@H](N)Cc2ccccc2)C(=O)N[C@@H](Cc2ccccc2)C(=O)N[C@H](Cc2c[nH]c3ccccc23)C(=O)N[C@@H](CCCCN)C(=O)N[C@@H]([C@@H](C)O)C(=O)N1)[C@@H](C)O. The zero-order chi connectivity index (χ0) is 59.2. The lowest BCUT2D eigenvalue weighted by molar-refractivity contribution is -0.172. The quantitative estimate of drug-likeness (QED) is 0.0272. The molecule has 1 saturated heterocycles. The van der Waals surface area contributed by atoms with Crippen molar-refractivity contribution in [1.82, 2.24) is 42.2 Å². The van der Waals surface area contributed by atoms with E-state index >= 15 is 0 Å². The van der Waals surface area contributed by atoms with Crippen LogP contribution in [0.3, 0.4) is 0 Å². The number of ether oxygens (including phenoxy) is 2. The van der Waals surface area contributed by atoms with Gasteiger partial charge in [-0.25, -0.2) is 9.59 Å². The first kappa shape index (κ1) is 64.7. The molecule has 1 aromatic heterocycles. The normalized spacial score (nSPS) is 22.1. The molecule has 0 unspecified atom stereocenters. The standard InChI is InChI=1S/C55H74N10O14S2/c1-30(66)43(27-78-55(77)33(4)79-54(76)32(3)68)62-52(74)45-29-81-80-28-44(63-47(69)38(57)23-34-15-7-5-8-16-34)51(73)60-41(24-35-17-9-6-10-18-35)49(71)61-42(25-36-26-58-39-20-12-11-19-37(36)39)50(72)59-40(21-13-14-22-56)48(70)65-46(31(2)67)53(75)64-45/h5-12,15-20,26,30-33,38,40-46,58,66-68H,13-14,21-25,27-29,56-57H2,1-4H3,(H,59,72)(H,60,73)(H,61,71)(H,62,74)(H,63,69)(H,64,75)(H,65,70)/t30-,31-,32+,33+,38-,40+,41+,42-,43-,44+,45+,46+/m1/s1. The lowest BCUT2D eigenvalue weighted by atomic mass is 10.0. The highest BCUT2D eigenvalue weighted by atomic mass is 33.1. The van der Waals surface area contributed by atoms with Gasteiger partial charge in [-0.05, 0) is 82.7 Å². The van der Waals surface area contributed by atoms with Crippen LogP contribution in [0.25, 0.3) is 10.9 Å². The van der Waals surface area contributed by atoms with Crippen LogP contribution in [0.2, 0.25) is 0 Å². The minimum Gasteiger partial charge on any atom is -0.461 e. The Balaban J connectivity index is 1.54. The van der Waals surface area contributed by atoms with Gasteiger partial charge < -0.3 is 78.5 Å². The number of amides is 7. The third-order valence-electron chi connectivity index (χ3n) is 13.0. The van der Waals surface area contributed by atoms with E-state index in [9.17, 15) is 58.5 Å². The van der Waals surface area contributed by atoms with E-state index in [2.05, 4.69) is 42.2 Å². The number of carbonyl (C=O) groups excluding carboxylic acids is 9. The highest BCUT2D eigenvalue weighted by Gasteiger charge is 2.37. The number of aromatic amines is 1. The van der Waals surface area contributed by atoms with Crippen molar-refractivity contribution in [3.8, 4) is 0 Å². The van der Waals surface area contributed by atoms with Crippen LogP contribution >= 0.6 is 21.6 Å². The van der Waals surface area contributed by atoms with Gasteiger partial charge in [0, 0.05) is 41.4 Å². The van der Waals surface area contributed by atoms with Crippen LogP contribution in [0.15, 0.2) is 91.1 Å². The second kappa shape index (κ2) is 32.4. The fraction of sp³-hybridized carbons (Fsp3) is 0.473. The molecule has 440 valence electrons. The van der Waals surface area contributed by atoms with E-state index in [1.807, 2.05) is 18.2 Å². The number of hydrogen-bond acceptors (Lipinski definition) is 18. The zero-order valence-corrected chi connectivity index (χ0v) is 47.1. The minimum atomic E-state index is -1.76. The van der Waals surface area contributed by atoms with E-state index in [0.29, 0.717) is 24.0 Å². The van der Waals surface area contributed by atoms with Crippen molar-refractivity contribution < 1.29 is 67.9 Å². The van der Waals surface area contributed by atoms with Crippen LogP contribution in [0.1, 0.15) is 63.6 Å². The molecule has 7 amide bonds. The van der Waals surface area contributed by atoms with Gasteiger partial charge in [0.25, 0.3) is 0 Å². The van der Waals surface area contributed by atoms with Crippen LogP contribution < -0.4 is 48.7 Å². The molecular formula is C55H74N10O14S2. The van der Waals surface area contributed by atoms with Crippen molar-refractivity contribution in [2.24, 2.45) is 11.5 Å². The van der Waals surface area contributed by atoms with Gasteiger partial charge in [0.1, 0.15) is 49.0 Å². The number of para-hydroxylation sites is 1. The van der Waals surface area contributed by atoms with Gasteiger partial charge in [0.2, 0.25) is 41.4 Å². The van der Waals surface area contributed by atoms with Gasteiger partial charge in [-0.15, -0.1) is 0 Å². The van der Waals surface area contributed by atoms with E-state index in [4.69, 9.17) is 20.9 Å². The molecular weight excluding hydrogens is 1090 g/mol. The fourth-order valence-electron chi connectivity index (χ4n) is 8.32. The number of hydrogen-bond donors (Lipinski definition) is 13. The summed E-state index contributed by atoms with van der Waals surface area (Å²) in [5.41, 5.74) is 14.9. The smallest absolute Gasteiger partial charge is 0.347 e. The van der Waals surface area contributed by atoms with Crippen molar-refractivity contribution in [2.75, 3.05) is 24.7 Å². The molecule has 0 spiro atoms. The van der Waals surface area contributed by atoms with Gasteiger partial charge in [-0.3, -0.25) is 33.6 Å². The van der Waals surface area contributed by atoms with Crippen LogP contribution in [-0.2, 0) is 71.9 Å². The number of carbonyl (C=O) groups is 9. The third kappa shape index (κ3) is 20.5. The van der Waals surface area contributed by atoms with Gasteiger partial charge in [-0.2, -0.15) is 0 Å². The molecule has 0 radical (unpaired) electrons. The maximum absolute atomic E-state index is 14.8. The average molecular weight is 1160 g/mol. The van der Waals surface area contributed by atoms with Gasteiger partial charge in [-0.1, -0.05) is 100 Å². The number of esters is 2. The first-order chi connectivity index (χ1) is 38.6. The molecule has 26 heteroatoms. The summed E-state index contributed by atoms with van der Waals surface area (Å²) in [7, 11) is 1.93. The number of aliphatic hydroxyl groups is 3. The van der Waals surface area contributed by atoms with Gasteiger partial charge in [0.05, 0.1) is 24.3 Å². The maximum atomic E-state index is 14.8. The number of fused-ring (bicyclic) bond motifs is 1. The Bertz CT molecular complexity index is 2750. The van der Waals surface area contributed by atoms with Crippen molar-refractivity contribution in [3.63, 3.8) is 0 Å². The number of benzene rings is 3. The summed E-state index contributed by atoms with van der Waals surface area (Å²) in [4.78, 5) is 129. The van der Waals surface area contributed by atoms with Crippen molar-refractivity contribution in [2.45, 2.75) is 139 Å². The molecule has 0 aliphatic carbocycles. The number of unbranched alkanes of at least 4 members (excludes halogenated alkanes) is 1. The van der Waals surface area contributed by atoms with E-state index < -0.39 is 133 Å². The monoisotopic (exact) mass is 1160 g/mol. The van der Waals surface area contributed by atoms with Crippen LogP contribution in [-0.4, -0.2) is 171 Å². The van der Waals surface area contributed by atoms with E-state index in [1.54, 1.807) is 72.9 Å². The van der Waals surface area contributed by atoms with E-state index in [1.165, 1.54) is 20.8 Å². The number of nitrogens with one attached hydrogen (secondary N) is 8. The van der Waals surface area contributed by atoms with E-state index in [-0.39, 0.29) is 43.7 Å². The number of H-pyrrole nitrogens is 1. The van der Waals surface area contributed by atoms with Crippen molar-refractivity contribution in [1.29, 1.82) is 0 Å². The topological polar surface area (TPSA) is 385 Å². The second-order valence-corrected chi connectivity index (χ2v) is 22.2. The zero-order valence-electron chi connectivity index (χ0n) is 45.5. The van der Waals surface area contributed by atoms with E-state index in [0.717, 1.165) is 45.0 Å². The first-order valence-corrected chi connectivity index (χ1v) is 29.0. The molecule has 5 rings (SSSR count). The molecule has 12 atom stereocenters. The molecule has 3 aromatic carbocycles. The summed E-state index contributed by atoms with van der Waals surface area (Å²) in [5.74, 6) is -8.81. The molecule has 1 aliphatic heterocycles. The molecule has 0 bridgehead atoms. The molecule has 2 heterocycles. The predicted molar refractivity (Wildman–Crippen MR) is 303 cm³/mol. The number of aliphatic hydroxyl groups excluding tert-OH is 3. The minimum absolute atomic E-state index is 0.0164. The van der Waals surface area contributed by atoms with Crippen molar-refractivity contribution >= 4 is 85.8 Å². The maximum Gasteiger partial charge on any atom is 0.347 e. The Kier molecular flexibility index (Phi) is 25.9. The molecule has 1 fully saturated rings. The molecule has 0 saturated carbocycles. The lowest BCUT2D eigenvalue weighted by Crippen LogP contribution is -2.62. The highest BCUT2D eigenvalue weighted by molar-refractivity contribution is 8.76. The Morgan fingerprint density at radius 1 is 0.691 bits per heavy atom. The third-order valence-corrected chi connectivity index (χ3v) is 15.4. The summed E-state index contributed by atoms with van der Waals surface area (Å²) < 4.78 is 10.1. The Morgan fingerprint density at radius 2 is 1.28 bits per heavy atom. The Labute approximate surface area is 476 Å². The highest BCUT2D eigenvalue weighted by Crippen LogP contribution is 2.25. The summed E-state index contributed by atoms with van der Waals surface area (Å²) in [5, 5.41) is 50.7. The van der Waals surface area contributed by atoms with Crippen molar-refractivity contribution in [3.05, 3.63) is 108 Å². The second-order valence-electron chi connectivity index (χ2n) is 19.7. The van der Waals surface area contributed by atoms with Gasteiger partial charge in [0.15, 0.2) is 6.10 Å². The summed E-state index contributed by atoms with van der Waals surface area (Å²) >= 11 is 0. The number of rotatable bonds is 21. The predicted octanol–water partition coefficient (Wildman–Crippen LogP) is -0.942. The lowest BCUT2D eigenvalue weighted by Gasteiger charge is -2.29. The summed E-state index contributed by atoms with van der Waals surface area (Å²) in [6.07, 6.45) is -3.75. The summed E-state index contributed by atoms with van der Waals surface area (Å²) in [6, 6.07) is 13.6. The number of nitrogens with two attached hydrogens (primary N) is 2. The Hall–Kier alpha value is -7.07. The molecule has 1 aliphatic rings. The van der Waals surface area contributed by atoms with Gasteiger partial charge >= 0.3 is 11.9 Å².